The van der Waals surface area contributed by atoms with Crippen molar-refractivity contribution in [1.82, 2.24) is 20.4 Å². The van der Waals surface area contributed by atoms with Gasteiger partial charge in [0, 0.05) is 56.5 Å². The van der Waals surface area contributed by atoms with Crippen LogP contribution in [0.3, 0.4) is 0 Å². The molecule has 2 saturated heterocycles. The van der Waals surface area contributed by atoms with Gasteiger partial charge in [-0.25, -0.2) is 4.98 Å². The van der Waals surface area contributed by atoms with E-state index < -0.39 is 46.8 Å². The molecule has 0 saturated carbocycles. The van der Waals surface area contributed by atoms with Crippen LogP contribution in [0.25, 0.3) is 10.4 Å². The van der Waals surface area contributed by atoms with Crippen LogP contribution in [-0.4, -0.2) is 93.6 Å². The Labute approximate surface area is 425 Å². The van der Waals surface area contributed by atoms with E-state index in [9.17, 15) is 37.9 Å². The molecule has 2 fully saturated rings. The molecule has 1 unspecified atom stereocenters. The molecule has 4 heterocycles. The zero-order valence-electron chi connectivity index (χ0n) is 41.0. The zero-order chi connectivity index (χ0) is 51.9. The van der Waals surface area contributed by atoms with Gasteiger partial charge in [-0.05, 0) is 119 Å². The second-order valence-electron chi connectivity index (χ2n) is 18.7. The molecule has 2 aliphatic heterocycles. The fourth-order valence-electron chi connectivity index (χ4n) is 8.87. The number of halogens is 3. The van der Waals surface area contributed by atoms with Crippen molar-refractivity contribution in [1.29, 1.82) is 5.26 Å². The first-order chi connectivity index (χ1) is 34.3. The number of aliphatic hydroxyl groups excluding tert-OH is 1. The number of aromatic nitrogens is 2. The van der Waals surface area contributed by atoms with Gasteiger partial charge in [-0.2, -0.15) is 18.4 Å². The van der Waals surface area contributed by atoms with Gasteiger partial charge in [0.15, 0.2) is 5.11 Å². The molecule has 3 amide bonds. The average molecular weight is 1030 g/mol. The summed E-state index contributed by atoms with van der Waals surface area (Å²) in [6.45, 7) is 12.8. The molecule has 72 heavy (non-hydrogen) atoms. The first-order valence-electron chi connectivity index (χ1n) is 23.8. The van der Waals surface area contributed by atoms with Crippen LogP contribution in [0.4, 0.5) is 24.5 Å². The van der Waals surface area contributed by atoms with Crippen LogP contribution in [0.5, 0.6) is 11.5 Å². The maximum absolute atomic E-state index is 13.9. The van der Waals surface area contributed by atoms with Crippen LogP contribution < -0.4 is 24.6 Å². The number of β-amino-alcohol motifs (C(OH)–C–C–N with tert-alkyl or cyclic N) is 1. The molecule has 2 aliphatic rings. The molecule has 0 spiro atoms. The molecule has 3 aromatic carbocycles. The van der Waals surface area contributed by atoms with Crippen molar-refractivity contribution in [2.45, 2.75) is 110 Å². The Morgan fingerprint density at radius 1 is 0.986 bits per heavy atom. The molecule has 3 atom stereocenters. The number of ether oxygens (including phenoxy) is 3. The fraction of sp³-hybridized carbons (Fsp3) is 0.442. The third-order valence-electron chi connectivity index (χ3n) is 12.6. The fourth-order valence-corrected chi connectivity index (χ4v) is 10.2. The number of thiocarbonyl (C=S) groups is 1. The third kappa shape index (κ3) is 12.1. The summed E-state index contributed by atoms with van der Waals surface area (Å²) in [5.41, 5.74) is 2.59. The molecule has 2 aromatic heterocycles. The second kappa shape index (κ2) is 23.0. The van der Waals surface area contributed by atoms with Gasteiger partial charge in [0.2, 0.25) is 11.8 Å². The number of carbonyl (C=O) groups is 3. The molecule has 382 valence electrons. The Kier molecular flexibility index (Phi) is 17.1. The van der Waals surface area contributed by atoms with Gasteiger partial charge in [0.25, 0.3) is 5.91 Å². The summed E-state index contributed by atoms with van der Waals surface area (Å²) in [6, 6.07) is 18.3. The highest BCUT2D eigenvalue weighted by molar-refractivity contribution is 7.81. The van der Waals surface area contributed by atoms with Crippen LogP contribution in [-0.2, 0) is 31.8 Å². The molecule has 15 nitrogen and oxygen atoms in total. The number of thiazole rings is 1. The van der Waals surface area contributed by atoms with Gasteiger partial charge in [0.05, 0.1) is 64.0 Å². The average Bonchev–Trinajstić information content (AvgIpc) is 4.12. The lowest BCUT2D eigenvalue weighted by molar-refractivity contribution is -0.141. The SMILES string of the molecule is Cc1cc([C@@H](C(=O)N2CC(O)C[C@@H]2C(=O)NCc2ccc(-c3scnc3C)cc2OCCCOCCCCCOc2ccc(N3C(=S)N(c4ccc(C#N)c(C(F)(F)F)c4)C(=O)C3(C)C)cc2)C(C)C)on1. The Morgan fingerprint density at radius 3 is 2.36 bits per heavy atom. The lowest BCUT2D eigenvalue weighted by atomic mass is 9.91. The van der Waals surface area contributed by atoms with E-state index in [0.717, 1.165) is 58.0 Å². The minimum absolute atomic E-state index is 0.00759. The van der Waals surface area contributed by atoms with E-state index in [0.29, 0.717) is 61.5 Å². The molecule has 20 heteroatoms. The second-order valence-corrected chi connectivity index (χ2v) is 19.9. The van der Waals surface area contributed by atoms with Gasteiger partial charge in [-0.3, -0.25) is 19.3 Å². The molecule has 7 rings (SSSR count). The van der Waals surface area contributed by atoms with E-state index in [1.165, 1.54) is 22.3 Å². The molecule has 0 aliphatic carbocycles. The minimum Gasteiger partial charge on any atom is -0.494 e. The van der Waals surface area contributed by atoms with Crippen molar-refractivity contribution in [2.24, 2.45) is 5.92 Å². The summed E-state index contributed by atoms with van der Waals surface area (Å²) in [5, 5.41) is 26.8. The van der Waals surface area contributed by atoms with Crippen LogP contribution >= 0.6 is 23.6 Å². The van der Waals surface area contributed by atoms with Gasteiger partial charge in [0.1, 0.15) is 34.8 Å². The molecule has 2 N–H and O–H groups in total. The maximum atomic E-state index is 13.9. The number of nitriles is 1. The standard InChI is InChI=1S/C52H58F3N7O8S2/c1-31(2)45(44-23-32(3)59-70-44)48(65)60-29-39(63)26-42(60)47(64)57-28-36-12-11-34(46-33(4)58-30-72-46)24-43(36)69-22-10-20-67-19-8-7-9-21-68-40-17-15-37(16-18-40)62-50(71)61(49(66)51(62,5)6)38-14-13-35(27-56)41(25-38)52(53,54)55/h11-18,23-25,30-31,39,42,45,63H,7-10,19-22,26,28-29H2,1-6H3,(H,57,64)/t39?,42-,45+/m1/s1. The first-order valence-corrected chi connectivity index (χ1v) is 25.0. The van der Waals surface area contributed by atoms with Crippen molar-refractivity contribution >= 4 is 57.8 Å². The first kappa shape index (κ1) is 53.4. The lowest BCUT2D eigenvalue weighted by Crippen LogP contribution is -2.48. The lowest BCUT2D eigenvalue weighted by Gasteiger charge is -2.29. The van der Waals surface area contributed by atoms with Gasteiger partial charge in [-0.15, -0.1) is 11.3 Å². The normalized spacial score (nSPS) is 17.2. The maximum Gasteiger partial charge on any atom is 0.417 e. The van der Waals surface area contributed by atoms with Gasteiger partial charge < -0.3 is 39.0 Å². The molecule has 5 aromatic rings. The molecular formula is C52H58F3N7O8S2. The number of nitrogens with one attached hydrogen (secondary N) is 1. The number of aliphatic hydroxyl groups is 1. The largest absolute Gasteiger partial charge is 0.494 e. The summed E-state index contributed by atoms with van der Waals surface area (Å²) < 4.78 is 64.9. The van der Waals surface area contributed by atoms with Crippen LogP contribution in [0.2, 0.25) is 0 Å². The van der Waals surface area contributed by atoms with Crippen molar-refractivity contribution < 1.29 is 51.4 Å². The van der Waals surface area contributed by atoms with Gasteiger partial charge in [-0.1, -0.05) is 31.1 Å². The Morgan fingerprint density at radius 2 is 1.69 bits per heavy atom. The number of hydrogen-bond acceptors (Lipinski definition) is 13. The summed E-state index contributed by atoms with van der Waals surface area (Å²) >= 11 is 7.17. The van der Waals surface area contributed by atoms with E-state index in [1.54, 1.807) is 67.6 Å². The predicted octanol–water partition coefficient (Wildman–Crippen LogP) is 9.27. The van der Waals surface area contributed by atoms with Crippen molar-refractivity contribution in [2.75, 3.05) is 42.8 Å². The Bertz CT molecular complexity index is 2790. The van der Waals surface area contributed by atoms with Crippen LogP contribution in [0.1, 0.15) is 99.6 Å². The van der Waals surface area contributed by atoms with E-state index in [2.05, 4.69) is 15.5 Å². The number of alkyl halides is 3. The number of anilines is 2. The van der Waals surface area contributed by atoms with Crippen molar-refractivity contribution in [3.63, 3.8) is 0 Å². The van der Waals surface area contributed by atoms with E-state index in [1.807, 2.05) is 39.0 Å². The number of rotatable bonds is 21. The highest BCUT2D eigenvalue weighted by Crippen LogP contribution is 2.40. The quantitative estimate of drug-likeness (QED) is 0.0524. The number of aryl methyl sites for hydroxylation is 2. The van der Waals surface area contributed by atoms with Crippen LogP contribution in [0.15, 0.2) is 76.8 Å². The van der Waals surface area contributed by atoms with Crippen molar-refractivity contribution in [3.8, 4) is 28.0 Å². The number of hydrogen-bond donors (Lipinski definition) is 2. The highest BCUT2D eigenvalue weighted by atomic mass is 32.1. The predicted molar refractivity (Wildman–Crippen MR) is 269 cm³/mol. The number of unbranched alkanes of at least 4 members (excludes halogenated alkanes) is 2. The summed E-state index contributed by atoms with van der Waals surface area (Å²) in [7, 11) is 0. The highest BCUT2D eigenvalue weighted by Gasteiger charge is 2.51. The van der Waals surface area contributed by atoms with Crippen LogP contribution in [0, 0.1) is 31.1 Å². The number of likely N-dealkylation sites (tertiary alicyclic amines) is 1. The van der Waals surface area contributed by atoms with Gasteiger partial charge >= 0.3 is 6.18 Å². The topological polar surface area (TPSA) is 184 Å². The third-order valence-corrected chi connectivity index (χ3v) is 14.0. The monoisotopic (exact) mass is 1030 g/mol. The van der Waals surface area contributed by atoms with E-state index in [-0.39, 0.29) is 48.0 Å². The number of carbonyl (C=O) groups excluding carboxylic acids is 3. The Hall–Kier alpha value is -6.40. The molecule has 0 radical (unpaired) electrons. The van der Waals surface area contributed by atoms with Crippen molar-refractivity contribution in [3.05, 3.63) is 106 Å². The Balaban J connectivity index is 0.847. The summed E-state index contributed by atoms with van der Waals surface area (Å²) in [5.74, 6) is -0.342. The summed E-state index contributed by atoms with van der Waals surface area (Å²) in [6.07, 6.45) is -2.46. The minimum atomic E-state index is -4.80. The number of benzene rings is 3. The van der Waals surface area contributed by atoms with E-state index in [4.69, 9.17) is 31.0 Å². The zero-order valence-corrected chi connectivity index (χ0v) is 42.6. The number of nitrogens with zero attached hydrogens (tertiary/aromatic N) is 6. The molecule has 0 bridgehead atoms. The molecular weight excluding hydrogens is 972 g/mol. The van der Waals surface area contributed by atoms with E-state index >= 15 is 0 Å². The summed E-state index contributed by atoms with van der Waals surface area (Å²) in [4.78, 5) is 50.7. The number of amides is 3. The smallest absolute Gasteiger partial charge is 0.417 e.